The molecular formula is C20H25ClN2O. The summed E-state index contributed by atoms with van der Waals surface area (Å²) in [5, 5.41) is 6.97. The van der Waals surface area contributed by atoms with Crippen LogP contribution in [0.2, 0.25) is 5.02 Å². The lowest BCUT2D eigenvalue weighted by molar-refractivity contribution is -0.115. The Morgan fingerprint density at radius 1 is 1.17 bits per heavy atom. The fraction of sp³-hybridized carbons (Fsp3) is 0.350. The molecule has 4 heteroatoms. The molecule has 2 aromatic carbocycles. The van der Waals surface area contributed by atoms with Crippen molar-refractivity contribution >= 4 is 23.2 Å². The maximum atomic E-state index is 12.2. The van der Waals surface area contributed by atoms with Gasteiger partial charge in [-0.05, 0) is 54.6 Å². The van der Waals surface area contributed by atoms with Crippen molar-refractivity contribution in [1.29, 1.82) is 0 Å². The van der Waals surface area contributed by atoms with Crippen LogP contribution < -0.4 is 10.6 Å². The van der Waals surface area contributed by atoms with Crippen molar-refractivity contribution in [2.75, 3.05) is 18.4 Å². The molecule has 0 saturated heterocycles. The smallest absolute Gasteiger partial charge is 0.238 e. The van der Waals surface area contributed by atoms with Crippen LogP contribution >= 0.6 is 11.6 Å². The van der Waals surface area contributed by atoms with Crippen LogP contribution in [0.5, 0.6) is 0 Å². The van der Waals surface area contributed by atoms with Crippen molar-refractivity contribution in [2.24, 2.45) is 0 Å². The zero-order chi connectivity index (χ0) is 17.5. The van der Waals surface area contributed by atoms with Gasteiger partial charge in [0.2, 0.25) is 5.91 Å². The third-order valence-electron chi connectivity index (χ3n) is 3.96. The van der Waals surface area contributed by atoms with Crippen molar-refractivity contribution in [2.45, 2.75) is 33.1 Å². The van der Waals surface area contributed by atoms with E-state index in [1.54, 1.807) is 0 Å². The van der Waals surface area contributed by atoms with Gasteiger partial charge in [-0.3, -0.25) is 4.79 Å². The number of amides is 1. The molecule has 1 amide bonds. The molecule has 0 saturated carbocycles. The molecule has 0 aliphatic rings. The summed E-state index contributed by atoms with van der Waals surface area (Å²) in [6, 6.07) is 13.9. The minimum atomic E-state index is -0.0164. The SMILES string of the molecule is Cc1cccc(C(C)C)c1NC(=O)CNCCc1cccc(Cl)c1. The molecule has 0 fully saturated rings. The Morgan fingerprint density at radius 3 is 2.62 bits per heavy atom. The maximum absolute atomic E-state index is 12.2. The molecule has 0 unspecified atom stereocenters. The molecule has 2 rings (SSSR count). The highest BCUT2D eigenvalue weighted by molar-refractivity contribution is 6.30. The van der Waals surface area contributed by atoms with Gasteiger partial charge in [-0.15, -0.1) is 0 Å². The molecule has 0 atom stereocenters. The van der Waals surface area contributed by atoms with E-state index in [0.29, 0.717) is 12.5 Å². The molecule has 0 aromatic heterocycles. The van der Waals surface area contributed by atoms with Gasteiger partial charge in [0.05, 0.1) is 6.54 Å². The summed E-state index contributed by atoms with van der Waals surface area (Å²) in [4.78, 5) is 12.2. The van der Waals surface area contributed by atoms with Crippen LogP contribution in [0, 0.1) is 6.92 Å². The first kappa shape index (κ1) is 18.5. The van der Waals surface area contributed by atoms with E-state index in [9.17, 15) is 4.79 Å². The van der Waals surface area contributed by atoms with Crippen LogP contribution in [0.1, 0.15) is 36.5 Å². The van der Waals surface area contributed by atoms with E-state index < -0.39 is 0 Å². The van der Waals surface area contributed by atoms with E-state index in [0.717, 1.165) is 34.8 Å². The molecule has 0 bridgehead atoms. The highest BCUT2D eigenvalue weighted by Crippen LogP contribution is 2.27. The third kappa shape index (κ3) is 5.36. The number of rotatable bonds is 7. The lowest BCUT2D eigenvalue weighted by Crippen LogP contribution is -2.30. The van der Waals surface area contributed by atoms with E-state index in [1.807, 2.05) is 43.3 Å². The van der Waals surface area contributed by atoms with E-state index in [4.69, 9.17) is 11.6 Å². The Hall–Kier alpha value is -1.84. The standard InChI is InChI=1S/C20H25ClN2O/c1-14(2)18-9-4-6-15(3)20(18)23-19(24)13-22-11-10-16-7-5-8-17(21)12-16/h4-9,12,14,22H,10-11,13H2,1-3H3,(H,23,24). The van der Waals surface area contributed by atoms with Gasteiger partial charge in [0, 0.05) is 10.7 Å². The van der Waals surface area contributed by atoms with Gasteiger partial charge in [0.25, 0.3) is 0 Å². The molecule has 2 N–H and O–H groups in total. The Balaban J connectivity index is 1.84. The van der Waals surface area contributed by atoms with Crippen molar-refractivity contribution in [1.82, 2.24) is 5.32 Å². The zero-order valence-electron chi connectivity index (χ0n) is 14.5. The van der Waals surface area contributed by atoms with Crippen molar-refractivity contribution in [3.8, 4) is 0 Å². The number of carbonyl (C=O) groups excluding carboxylic acids is 1. The summed E-state index contributed by atoms with van der Waals surface area (Å²) < 4.78 is 0. The predicted molar refractivity (Wildman–Crippen MR) is 102 cm³/mol. The van der Waals surface area contributed by atoms with Crippen LogP contribution in [0.4, 0.5) is 5.69 Å². The minimum Gasteiger partial charge on any atom is -0.324 e. The van der Waals surface area contributed by atoms with Crippen molar-refractivity contribution in [3.05, 3.63) is 64.2 Å². The Kier molecular flexibility index (Phi) is 6.83. The lowest BCUT2D eigenvalue weighted by Gasteiger charge is -2.16. The number of para-hydroxylation sites is 1. The summed E-state index contributed by atoms with van der Waals surface area (Å²) in [7, 11) is 0. The maximum Gasteiger partial charge on any atom is 0.238 e. The lowest BCUT2D eigenvalue weighted by atomic mass is 9.98. The number of anilines is 1. The monoisotopic (exact) mass is 344 g/mol. The van der Waals surface area contributed by atoms with Gasteiger partial charge in [-0.25, -0.2) is 0 Å². The Bertz CT molecular complexity index is 698. The second-order valence-electron chi connectivity index (χ2n) is 6.30. The molecule has 0 aliphatic carbocycles. The van der Waals surface area contributed by atoms with Crippen LogP contribution in [0.25, 0.3) is 0 Å². The normalized spacial score (nSPS) is 10.9. The molecule has 0 heterocycles. The van der Waals surface area contributed by atoms with Gasteiger partial charge in [0.1, 0.15) is 0 Å². The van der Waals surface area contributed by atoms with Gasteiger partial charge in [-0.2, -0.15) is 0 Å². The largest absolute Gasteiger partial charge is 0.324 e. The topological polar surface area (TPSA) is 41.1 Å². The molecule has 0 radical (unpaired) electrons. The molecule has 24 heavy (non-hydrogen) atoms. The van der Waals surface area contributed by atoms with E-state index in [2.05, 4.69) is 30.5 Å². The number of hydrogen-bond donors (Lipinski definition) is 2. The molecule has 3 nitrogen and oxygen atoms in total. The predicted octanol–water partition coefficient (Wildman–Crippen LogP) is 4.54. The highest BCUT2D eigenvalue weighted by Gasteiger charge is 2.11. The summed E-state index contributed by atoms with van der Waals surface area (Å²) in [6.07, 6.45) is 0.843. The first-order chi connectivity index (χ1) is 11.5. The summed E-state index contributed by atoms with van der Waals surface area (Å²) in [5.41, 5.74) is 4.36. The molecular weight excluding hydrogens is 320 g/mol. The van der Waals surface area contributed by atoms with Crippen molar-refractivity contribution < 1.29 is 4.79 Å². The molecule has 0 spiro atoms. The average molecular weight is 345 g/mol. The van der Waals surface area contributed by atoms with Gasteiger partial charge < -0.3 is 10.6 Å². The number of benzene rings is 2. The second-order valence-corrected chi connectivity index (χ2v) is 6.74. The Labute approximate surface area is 149 Å². The number of carbonyl (C=O) groups is 1. The minimum absolute atomic E-state index is 0.0164. The van der Waals surface area contributed by atoms with Gasteiger partial charge in [-0.1, -0.05) is 55.8 Å². The first-order valence-corrected chi connectivity index (χ1v) is 8.69. The highest BCUT2D eigenvalue weighted by atomic mass is 35.5. The number of nitrogens with one attached hydrogen (secondary N) is 2. The Morgan fingerprint density at radius 2 is 1.92 bits per heavy atom. The van der Waals surface area contributed by atoms with E-state index >= 15 is 0 Å². The molecule has 128 valence electrons. The van der Waals surface area contributed by atoms with Crippen LogP contribution in [-0.4, -0.2) is 19.0 Å². The van der Waals surface area contributed by atoms with Crippen molar-refractivity contribution in [3.63, 3.8) is 0 Å². The zero-order valence-corrected chi connectivity index (χ0v) is 15.3. The van der Waals surface area contributed by atoms with Crippen LogP contribution in [0.3, 0.4) is 0 Å². The third-order valence-corrected chi connectivity index (χ3v) is 4.19. The van der Waals surface area contributed by atoms with Crippen LogP contribution in [-0.2, 0) is 11.2 Å². The van der Waals surface area contributed by atoms with Gasteiger partial charge in [0.15, 0.2) is 0 Å². The second kappa shape index (κ2) is 8.86. The van der Waals surface area contributed by atoms with Gasteiger partial charge >= 0.3 is 0 Å². The number of halogens is 1. The summed E-state index contributed by atoms with van der Waals surface area (Å²) in [6.45, 7) is 7.32. The summed E-state index contributed by atoms with van der Waals surface area (Å²) >= 11 is 5.97. The number of hydrogen-bond acceptors (Lipinski definition) is 2. The number of aryl methyl sites for hydroxylation is 1. The van der Waals surface area contributed by atoms with E-state index in [1.165, 1.54) is 5.56 Å². The quantitative estimate of drug-likeness (QED) is 0.724. The fourth-order valence-electron chi connectivity index (χ4n) is 2.65. The fourth-order valence-corrected chi connectivity index (χ4v) is 2.87. The molecule has 2 aromatic rings. The average Bonchev–Trinajstić information content (AvgIpc) is 2.53. The first-order valence-electron chi connectivity index (χ1n) is 8.32. The molecule has 0 aliphatic heterocycles. The summed E-state index contributed by atoms with van der Waals surface area (Å²) in [5.74, 6) is 0.355. The van der Waals surface area contributed by atoms with E-state index in [-0.39, 0.29) is 5.91 Å². The van der Waals surface area contributed by atoms with Crippen LogP contribution in [0.15, 0.2) is 42.5 Å².